The molecule has 2 heterocycles. The molecule has 0 saturated carbocycles. The molecule has 3 rings (SSSR count). The quantitative estimate of drug-likeness (QED) is 0.859. The van der Waals surface area contributed by atoms with E-state index in [4.69, 9.17) is 4.74 Å². The van der Waals surface area contributed by atoms with Crippen LogP contribution in [0.15, 0.2) is 48.7 Å². The number of carbonyl (C=O) groups excluding carboxylic acids is 1. The molecule has 0 spiro atoms. The summed E-state index contributed by atoms with van der Waals surface area (Å²) in [5.41, 5.74) is 0.362. The van der Waals surface area contributed by atoms with Crippen LogP contribution in [0.3, 0.4) is 0 Å². The van der Waals surface area contributed by atoms with Gasteiger partial charge in [0.25, 0.3) is 5.91 Å². The summed E-state index contributed by atoms with van der Waals surface area (Å²) in [6.07, 6.45) is 1.60. The number of hydrogen-bond donors (Lipinski definition) is 0. The lowest BCUT2D eigenvalue weighted by atomic mass is 10.1. The minimum absolute atomic E-state index is 0.0533. The standard InChI is InChI=1S/C15H13FN2O2/c16-12-5-3-4-11(8-12)15(19)18-9-13(10-18)20-14-6-1-2-7-17-14/h1-8,13H,9-10H2. The second-order valence-corrected chi connectivity index (χ2v) is 4.63. The Bertz CT molecular complexity index is 612. The van der Waals surface area contributed by atoms with Crippen LogP contribution < -0.4 is 4.74 Å². The van der Waals surface area contributed by atoms with E-state index in [-0.39, 0.29) is 12.0 Å². The van der Waals surface area contributed by atoms with Gasteiger partial charge in [-0.05, 0) is 24.3 Å². The fraction of sp³-hybridized carbons (Fsp3) is 0.200. The van der Waals surface area contributed by atoms with Crippen molar-refractivity contribution in [3.63, 3.8) is 0 Å². The van der Waals surface area contributed by atoms with E-state index in [1.54, 1.807) is 23.2 Å². The first-order valence-corrected chi connectivity index (χ1v) is 6.35. The van der Waals surface area contributed by atoms with Crippen LogP contribution in [-0.4, -0.2) is 35.0 Å². The molecular formula is C15H13FN2O2. The molecule has 1 amide bonds. The van der Waals surface area contributed by atoms with Gasteiger partial charge in [0.15, 0.2) is 0 Å². The average molecular weight is 272 g/mol. The molecule has 1 aromatic carbocycles. The van der Waals surface area contributed by atoms with E-state index < -0.39 is 5.82 Å². The molecular weight excluding hydrogens is 259 g/mol. The molecule has 1 fully saturated rings. The van der Waals surface area contributed by atoms with Crippen molar-refractivity contribution in [1.82, 2.24) is 9.88 Å². The molecule has 5 heteroatoms. The van der Waals surface area contributed by atoms with E-state index in [1.165, 1.54) is 18.2 Å². The predicted molar refractivity (Wildman–Crippen MR) is 71.0 cm³/mol. The van der Waals surface area contributed by atoms with Gasteiger partial charge in [0.1, 0.15) is 11.9 Å². The molecule has 0 N–H and O–H groups in total. The zero-order valence-electron chi connectivity index (χ0n) is 10.7. The van der Waals surface area contributed by atoms with E-state index in [9.17, 15) is 9.18 Å². The third-order valence-electron chi connectivity index (χ3n) is 3.13. The summed E-state index contributed by atoms with van der Waals surface area (Å²) < 4.78 is 18.7. The first kappa shape index (κ1) is 12.6. The number of rotatable bonds is 3. The van der Waals surface area contributed by atoms with E-state index in [2.05, 4.69) is 4.98 Å². The molecule has 0 unspecified atom stereocenters. The van der Waals surface area contributed by atoms with Gasteiger partial charge < -0.3 is 9.64 Å². The summed E-state index contributed by atoms with van der Waals surface area (Å²) in [6.45, 7) is 0.984. The van der Waals surface area contributed by atoms with Gasteiger partial charge >= 0.3 is 0 Å². The smallest absolute Gasteiger partial charge is 0.254 e. The van der Waals surface area contributed by atoms with Crippen LogP contribution in [-0.2, 0) is 0 Å². The number of hydrogen-bond acceptors (Lipinski definition) is 3. The number of ether oxygens (including phenoxy) is 1. The van der Waals surface area contributed by atoms with E-state index in [0.29, 0.717) is 24.5 Å². The molecule has 0 aliphatic carbocycles. The van der Waals surface area contributed by atoms with Gasteiger partial charge in [0.2, 0.25) is 5.88 Å². The maximum atomic E-state index is 13.1. The maximum absolute atomic E-state index is 13.1. The van der Waals surface area contributed by atoms with Crippen LogP contribution in [0.1, 0.15) is 10.4 Å². The Balaban J connectivity index is 1.56. The van der Waals surface area contributed by atoms with Gasteiger partial charge in [-0.1, -0.05) is 12.1 Å². The number of benzene rings is 1. The van der Waals surface area contributed by atoms with Gasteiger partial charge in [-0.15, -0.1) is 0 Å². The molecule has 4 nitrogen and oxygen atoms in total. The van der Waals surface area contributed by atoms with Crippen molar-refractivity contribution < 1.29 is 13.9 Å². The Labute approximate surface area is 115 Å². The first-order chi connectivity index (χ1) is 9.72. The minimum Gasteiger partial charge on any atom is -0.471 e. The lowest BCUT2D eigenvalue weighted by Crippen LogP contribution is -2.56. The zero-order chi connectivity index (χ0) is 13.9. The maximum Gasteiger partial charge on any atom is 0.254 e. The van der Waals surface area contributed by atoms with Crippen molar-refractivity contribution in [2.75, 3.05) is 13.1 Å². The van der Waals surface area contributed by atoms with Gasteiger partial charge in [0.05, 0.1) is 13.1 Å². The van der Waals surface area contributed by atoms with E-state index >= 15 is 0 Å². The molecule has 2 aromatic rings. The molecule has 1 aromatic heterocycles. The summed E-state index contributed by atoms with van der Waals surface area (Å²) >= 11 is 0. The predicted octanol–water partition coefficient (Wildman–Crippen LogP) is 2.12. The Hall–Kier alpha value is -2.43. The number of carbonyl (C=O) groups is 1. The van der Waals surface area contributed by atoms with Crippen LogP contribution >= 0.6 is 0 Å². The number of nitrogens with zero attached hydrogens (tertiary/aromatic N) is 2. The average Bonchev–Trinajstić information content (AvgIpc) is 2.43. The molecule has 0 radical (unpaired) electrons. The third kappa shape index (κ3) is 2.61. The van der Waals surface area contributed by atoms with E-state index in [1.807, 2.05) is 12.1 Å². The van der Waals surface area contributed by atoms with Crippen molar-refractivity contribution >= 4 is 5.91 Å². The molecule has 1 aliphatic rings. The Morgan fingerprint density at radius 1 is 1.25 bits per heavy atom. The topological polar surface area (TPSA) is 42.4 Å². The Kier molecular flexibility index (Phi) is 3.33. The molecule has 0 bridgehead atoms. The van der Waals surface area contributed by atoms with Gasteiger partial charge in [-0.3, -0.25) is 4.79 Å². The first-order valence-electron chi connectivity index (χ1n) is 6.35. The van der Waals surface area contributed by atoms with Crippen LogP contribution in [0.5, 0.6) is 5.88 Å². The summed E-state index contributed by atoms with van der Waals surface area (Å²) in [7, 11) is 0. The van der Waals surface area contributed by atoms with Crippen molar-refractivity contribution in [3.8, 4) is 5.88 Å². The molecule has 20 heavy (non-hydrogen) atoms. The number of aromatic nitrogens is 1. The lowest BCUT2D eigenvalue weighted by Gasteiger charge is -2.38. The number of likely N-dealkylation sites (tertiary alicyclic amines) is 1. The Morgan fingerprint density at radius 3 is 2.80 bits per heavy atom. The number of amides is 1. The van der Waals surface area contributed by atoms with Gasteiger partial charge in [-0.25, -0.2) is 9.37 Å². The van der Waals surface area contributed by atoms with E-state index in [0.717, 1.165) is 0 Å². The molecule has 102 valence electrons. The summed E-state index contributed by atoms with van der Waals surface area (Å²) in [4.78, 5) is 17.8. The highest BCUT2D eigenvalue weighted by molar-refractivity contribution is 5.94. The summed E-state index contributed by atoms with van der Waals surface area (Å²) in [6, 6.07) is 11.1. The van der Waals surface area contributed by atoms with Crippen molar-refractivity contribution in [1.29, 1.82) is 0 Å². The summed E-state index contributed by atoms with van der Waals surface area (Å²) in [5, 5.41) is 0. The minimum atomic E-state index is -0.405. The second kappa shape index (κ2) is 5.28. The van der Waals surface area contributed by atoms with Crippen LogP contribution in [0.25, 0.3) is 0 Å². The highest BCUT2D eigenvalue weighted by Crippen LogP contribution is 2.18. The fourth-order valence-electron chi connectivity index (χ4n) is 2.07. The van der Waals surface area contributed by atoms with Gasteiger partial charge in [0, 0.05) is 17.8 Å². The van der Waals surface area contributed by atoms with Crippen molar-refractivity contribution in [3.05, 3.63) is 60.0 Å². The fourth-order valence-corrected chi connectivity index (χ4v) is 2.07. The molecule has 1 saturated heterocycles. The highest BCUT2D eigenvalue weighted by Gasteiger charge is 2.33. The lowest BCUT2D eigenvalue weighted by molar-refractivity contribution is 0.0160. The van der Waals surface area contributed by atoms with Gasteiger partial charge in [-0.2, -0.15) is 0 Å². The van der Waals surface area contributed by atoms with Crippen LogP contribution in [0, 0.1) is 5.82 Å². The van der Waals surface area contributed by atoms with Crippen LogP contribution in [0.2, 0.25) is 0 Å². The monoisotopic (exact) mass is 272 g/mol. The van der Waals surface area contributed by atoms with Crippen LogP contribution in [0.4, 0.5) is 4.39 Å². The van der Waals surface area contributed by atoms with Crippen molar-refractivity contribution in [2.45, 2.75) is 6.10 Å². The highest BCUT2D eigenvalue weighted by atomic mass is 19.1. The largest absolute Gasteiger partial charge is 0.471 e. The molecule has 1 aliphatic heterocycles. The second-order valence-electron chi connectivity index (χ2n) is 4.63. The number of pyridine rings is 1. The Morgan fingerprint density at radius 2 is 2.10 bits per heavy atom. The summed E-state index contributed by atoms with van der Waals surface area (Å²) in [5.74, 6) is -0.0293. The normalized spacial score (nSPS) is 14.8. The third-order valence-corrected chi connectivity index (χ3v) is 3.13. The zero-order valence-corrected chi connectivity index (χ0v) is 10.7. The number of halogens is 1. The van der Waals surface area contributed by atoms with Crippen molar-refractivity contribution in [2.24, 2.45) is 0 Å². The molecule has 0 atom stereocenters. The SMILES string of the molecule is O=C(c1cccc(F)c1)N1CC(Oc2ccccn2)C1.